The SMILES string of the molecule is CNC(c1ccc(C)s1)c1cccc2ncccc12. The summed E-state index contributed by atoms with van der Waals surface area (Å²) in [4.78, 5) is 7.12. The Bertz CT molecular complexity index is 697. The normalized spacial score (nSPS) is 12.7. The lowest BCUT2D eigenvalue weighted by atomic mass is 10.0. The molecule has 1 unspecified atom stereocenters. The van der Waals surface area contributed by atoms with Crippen molar-refractivity contribution in [2.75, 3.05) is 7.05 Å². The van der Waals surface area contributed by atoms with Crippen molar-refractivity contribution < 1.29 is 0 Å². The fourth-order valence-electron chi connectivity index (χ4n) is 2.44. The molecule has 2 aromatic heterocycles. The van der Waals surface area contributed by atoms with Crippen molar-refractivity contribution in [2.45, 2.75) is 13.0 Å². The highest BCUT2D eigenvalue weighted by molar-refractivity contribution is 7.12. The van der Waals surface area contributed by atoms with Crippen LogP contribution in [0.4, 0.5) is 0 Å². The standard InChI is InChI=1S/C16H16N2S/c1-11-8-9-15(19-11)16(17-2)13-5-3-7-14-12(13)6-4-10-18-14/h3-10,16-17H,1-2H3. The first-order valence-corrected chi connectivity index (χ1v) is 7.18. The molecule has 0 aliphatic heterocycles. The van der Waals surface area contributed by atoms with Crippen LogP contribution >= 0.6 is 11.3 Å². The fraction of sp³-hybridized carbons (Fsp3) is 0.188. The average Bonchev–Trinajstić information content (AvgIpc) is 2.86. The molecule has 1 atom stereocenters. The number of nitrogens with zero attached hydrogens (tertiary/aromatic N) is 1. The van der Waals surface area contributed by atoms with Crippen molar-refractivity contribution in [3.63, 3.8) is 0 Å². The molecule has 0 bridgehead atoms. The third-order valence-electron chi connectivity index (χ3n) is 3.32. The number of benzene rings is 1. The zero-order valence-corrected chi connectivity index (χ0v) is 11.9. The van der Waals surface area contributed by atoms with Gasteiger partial charge in [0.2, 0.25) is 0 Å². The summed E-state index contributed by atoms with van der Waals surface area (Å²) in [7, 11) is 2.01. The smallest absolute Gasteiger partial charge is 0.0705 e. The monoisotopic (exact) mass is 268 g/mol. The molecular weight excluding hydrogens is 252 g/mol. The minimum Gasteiger partial charge on any atom is -0.309 e. The largest absolute Gasteiger partial charge is 0.309 e. The van der Waals surface area contributed by atoms with Gasteiger partial charge < -0.3 is 5.32 Å². The molecule has 3 heteroatoms. The van der Waals surface area contributed by atoms with Crippen molar-refractivity contribution in [3.05, 3.63) is 64.0 Å². The maximum absolute atomic E-state index is 4.43. The van der Waals surface area contributed by atoms with Gasteiger partial charge >= 0.3 is 0 Å². The van der Waals surface area contributed by atoms with Gasteiger partial charge in [0.05, 0.1) is 11.6 Å². The Kier molecular flexibility index (Phi) is 3.32. The molecule has 0 spiro atoms. The van der Waals surface area contributed by atoms with Crippen LogP contribution in [0.15, 0.2) is 48.7 Å². The van der Waals surface area contributed by atoms with E-state index in [4.69, 9.17) is 0 Å². The Hall–Kier alpha value is -1.71. The van der Waals surface area contributed by atoms with Crippen molar-refractivity contribution >= 4 is 22.2 Å². The van der Waals surface area contributed by atoms with E-state index >= 15 is 0 Å². The van der Waals surface area contributed by atoms with Gasteiger partial charge in [-0.2, -0.15) is 0 Å². The molecule has 1 aromatic carbocycles. The Labute approximate surface area is 117 Å². The Morgan fingerprint density at radius 2 is 2.00 bits per heavy atom. The summed E-state index contributed by atoms with van der Waals surface area (Å²) in [5.74, 6) is 0. The minimum absolute atomic E-state index is 0.228. The highest BCUT2D eigenvalue weighted by Crippen LogP contribution is 2.31. The molecular formula is C16H16N2S. The van der Waals surface area contributed by atoms with Crippen LogP contribution in [0.1, 0.15) is 21.4 Å². The zero-order valence-electron chi connectivity index (χ0n) is 11.1. The molecule has 0 amide bonds. The van der Waals surface area contributed by atoms with Crippen molar-refractivity contribution in [1.82, 2.24) is 10.3 Å². The van der Waals surface area contributed by atoms with Crippen molar-refractivity contribution in [2.24, 2.45) is 0 Å². The lowest BCUT2D eigenvalue weighted by Crippen LogP contribution is -2.16. The van der Waals surface area contributed by atoms with Crippen LogP contribution in [0.2, 0.25) is 0 Å². The summed E-state index contributed by atoms with van der Waals surface area (Å²) >= 11 is 1.84. The molecule has 3 aromatic rings. The van der Waals surface area contributed by atoms with Crippen LogP contribution in [0.5, 0.6) is 0 Å². The third kappa shape index (κ3) is 2.27. The van der Waals surface area contributed by atoms with Crippen LogP contribution in [0.25, 0.3) is 10.9 Å². The van der Waals surface area contributed by atoms with E-state index in [9.17, 15) is 0 Å². The molecule has 19 heavy (non-hydrogen) atoms. The maximum Gasteiger partial charge on any atom is 0.0705 e. The van der Waals surface area contributed by atoms with E-state index in [1.54, 1.807) is 0 Å². The highest BCUT2D eigenvalue weighted by Gasteiger charge is 2.16. The van der Waals surface area contributed by atoms with Gasteiger partial charge in [-0.05, 0) is 43.8 Å². The number of hydrogen-bond acceptors (Lipinski definition) is 3. The summed E-state index contributed by atoms with van der Waals surface area (Å²) in [6, 6.07) is 15.1. The Morgan fingerprint density at radius 1 is 1.11 bits per heavy atom. The minimum atomic E-state index is 0.228. The summed E-state index contributed by atoms with van der Waals surface area (Å²) in [5.41, 5.74) is 2.34. The quantitative estimate of drug-likeness (QED) is 0.779. The van der Waals surface area contributed by atoms with Gasteiger partial charge in [-0.3, -0.25) is 4.98 Å². The summed E-state index contributed by atoms with van der Waals surface area (Å²) in [6.07, 6.45) is 1.84. The first kappa shape index (κ1) is 12.3. The molecule has 0 radical (unpaired) electrons. The van der Waals surface area contributed by atoms with E-state index in [2.05, 4.69) is 53.6 Å². The number of rotatable bonds is 3. The number of thiophene rings is 1. The van der Waals surface area contributed by atoms with Crippen LogP contribution < -0.4 is 5.32 Å². The Balaban J connectivity index is 2.16. The predicted octanol–water partition coefficient (Wildman–Crippen LogP) is 3.91. The van der Waals surface area contributed by atoms with Gasteiger partial charge in [0.25, 0.3) is 0 Å². The van der Waals surface area contributed by atoms with Gasteiger partial charge in [-0.25, -0.2) is 0 Å². The predicted molar refractivity (Wildman–Crippen MR) is 81.7 cm³/mol. The number of hydrogen-bond donors (Lipinski definition) is 1. The Morgan fingerprint density at radius 3 is 2.74 bits per heavy atom. The second kappa shape index (κ2) is 5.11. The average molecular weight is 268 g/mol. The molecule has 0 fully saturated rings. The number of nitrogens with one attached hydrogen (secondary N) is 1. The number of aryl methyl sites for hydroxylation is 1. The van der Waals surface area contributed by atoms with E-state index in [1.807, 2.05) is 30.6 Å². The second-order valence-electron chi connectivity index (χ2n) is 4.59. The van der Waals surface area contributed by atoms with Gasteiger partial charge in [-0.15, -0.1) is 11.3 Å². The lowest BCUT2D eigenvalue weighted by molar-refractivity contribution is 0.709. The van der Waals surface area contributed by atoms with Crippen molar-refractivity contribution in [1.29, 1.82) is 0 Å². The van der Waals surface area contributed by atoms with Crippen LogP contribution in [-0.4, -0.2) is 12.0 Å². The van der Waals surface area contributed by atoms with E-state index < -0.39 is 0 Å². The molecule has 0 saturated heterocycles. The number of pyridine rings is 1. The number of fused-ring (bicyclic) bond motifs is 1. The molecule has 2 heterocycles. The van der Waals surface area contributed by atoms with Crippen LogP contribution in [0.3, 0.4) is 0 Å². The van der Waals surface area contributed by atoms with Gasteiger partial charge in [-0.1, -0.05) is 18.2 Å². The number of aromatic nitrogens is 1. The van der Waals surface area contributed by atoms with Gasteiger partial charge in [0.15, 0.2) is 0 Å². The molecule has 0 aliphatic rings. The van der Waals surface area contributed by atoms with Gasteiger partial charge in [0.1, 0.15) is 0 Å². The molecule has 96 valence electrons. The van der Waals surface area contributed by atoms with Gasteiger partial charge in [0, 0.05) is 21.3 Å². The summed E-state index contributed by atoms with van der Waals surface area (Å²) in [5, 5.41) is 4.64. The molecule has 0 aliphatic carbocycles. The first-order chi connectivity index (χ1) is 9.29. The summed E-state index contributed by atoms with van der Waals surface area (Å²) in [6.45, 7) is 2.14. The zero-order chi connectivity index (χ0) is 13.2. The van der Waals surface area contributed by atoms with E-state index in [-0.39, 0.29) is 6.04 Å². The fourth-order valence-corrected chi connectivity index (χ4v) is 3.45. The van der Waals surface area contributed by atoms with E-state index in [0.717, 1.165) is 5.52 Å². The highest BCUT2D eigenvalue weighted by atomic mass is 32.1. The molecule has 3 rings (SSSR count). The second-order valence-corrected chi connectivity index (χ2v) is 5.91. The molecule has 2 nitrogen and oxygen atoms in total. The van der Waals surface area contributed by atoms with E-state index in [0.29, 0.717) is 0 Å². The first-order valence-electron chi connectivity index (χ1n) is 6.37. The molecule has 1 N–H and O–H groups in total. The van der Waals surface area contributed by atoms with Crippen LogP contribution in [0, 0.1) is 6.92 Å². The third-order valence-corrected chi connectivity index (χ3v) is 4.39. The van der Waals surface area contributed by atoms with E-state index in [1.165, 1.54) is 20.7 Å². The van der Waals surface area contributed by atoms with Crippen molar-refractivity contribution in [3.8, 4) is 0 Å². The topological polar surface area (TPSA) is 24.9 Å². The van der Waals surface area contributed by atoms with Crippen LogP contribution in [-0.2, 0) is 0 Å². The lowest BCUT2D eigenvalue weighted by Gasteiger charge is -2.17. The maximum atomic E-state index is 4.43. The summed E-state index contributed by atoms with van der Waals surface area (Å²) < 4.78 is 0. The molecule has 0 saturated carbocycles.